The van der Waals surface area contributed by atoms with Crippen molar-refractivity contribution >= 4 is 23.6 Å². The fourth-order valence-corrected chi connectivity index (χ4v) is 3.99. The summed E-state index contributed by atoms with van der Waals surface area (Å²) in [5.41, 5.74) is 3.74. The van der Waals surface area contributed by atoms with Crippen molar-refractivity contribution in [2.45, 2.75) is 25.5 Å². The number of carboxylic acid groups (broad SMARTS) is 1. The number of benzene rings is 2. The van der Waals surface area contributed by atoms with Crippen molar-refractivity contribution in [3.8, 4) is 11.1 Å². The predicted molar refractivity (Wildman–Crippen MR) is 124 cm³/mol. The number of rotatable bonds is 10. The van der Waals surface area contributed by atoms with Crippen molar-refractivity contribution < 1.29 is 42.7 Å². The van der Waals surface area contributed by atoms with Gasteiger partial charge in [-0.05, 0) is 59.7 Å². The molecule has 3 aromatic rings. The second-order valence-corrected chi connectivity index (χ2v) is 8.27. The maximum atomic E-state index is 13.2. The number of thioether (sulfide) groups is 1. The first-order valence-electron chi connectivity index (χ1n) is 10.1. The van der Waals surface area contributed by atoms with Gasteiger partial charge in [-0.3, -0.25) is 4.79 Å². The number of carbonyl (C=O) groups excluding carboxylic acids is 1. The number of aromatic nitrogens is 1. The summed E-state index contributed by atoms with van der Waals surface area (Å²) in [6.45, 7) is 1.96. The Balaban J connectivity index is 0.00000385. The number of ether oxygens (including phenoxy) is 1. The molecule has 1 aromatic heterocycles. The molecule has 0 saturated carbocycles. The summed E-state index contributed by atoms with van der Waals surface area (Å²) >= 11 is 1.54. The number of amides is 1. The number of hydrogen-bond donors (Lipinski definition) is 2. The molecule has 9 heteroatoms. The molecule has 7 nitrogen and oxygen atoms in total. The Bertz CT molecular complexity index is 1070. The summed E-state index contributed by atoms with van der Waals surface area (Å²) in [5.74, 6) is -0.306. The van der Waals surface area contributed by atoms with E-state index < -0.39 is 24.0 Å². The summed E-state index contributed by atoms with van der Waals surface area (Å²) in [6, 6.07) is 12.1. The number of oxazole rings is 1. The van der Waals surface area contributed by atoms with E-state index in [2.05, 4.69) is 10.3 Å². The van der Waals surface area contributed by atoms with Crippen LogP contribution in [0.4, 0.5) is 0 Å². The van der Waals surface area contributed by atoms with Crippen LogP contribution in [0.3, 0.4) is 0 Å². The van der Waals surface area contributed by atoms with Gasteiger partial charge in [0.25, 0.3) is 5.91 Å². The third-order valence-corrected chi connectivity index (χ3v) is 5.83. The molecule has 1 amide bonds. The van der Waals surface area contributed by atoms with Gasteiger partial charge in [-0.1, -0.05) is 30.3 Å². The quantitative estimate of drug-likeness (QED) is 0.439. The smallest absolute Gasteiger partial charge is 0.480 e. The van der Waals surface area contributed by atoms with Crippen LogP contribution in [0.1, 0.15) is 39.8 Å². The zero-order valence-electron chi connectivity index (χ0n) is 19.2. The fourth-order valence-electron chi connectivity index (χ4n) is 3.52. The van der Waals surface area contributed by atoms with E-state index in [9.17, 15) is 14.7 Å². The zero-order chi connectivity index (χ0) is 23.1. The molecule has 168 valence electrons. The molecule has 3 rings (SSSR count). The van der Waals surface area contributed by atoms with E-state index in [1.165, 1.54) is 18.2 Å². The average Bonchev–Trinajstić information content (AvgIpc) is 3.31. The number of nitrogens with one attached hydrogen (secondary N) is 1. The first-order valence-corrected chi connectivity index (χ1v) is 11.5. The van der Waals surface area contributed by atoms with Gasteiger partial charge in [0, 0.05) is 12.7 Å². The molecule has 0 aliphatic carbocycles. The van der Waals surface area contributed by atoms with E-state index in [1.54, 1.807) is 25.4 Å². The Morgan fingerprint density at radius 3 is 2.58 bits per heavy atom. The van der Waals surface area contributed by atoms with Crippen LogP contribution >= 0.6 is 11.8 Å². The van der Waals surface area contributed by atoms with Gasteiger partial charge in [0.1, 0.15) is 12.1 Å². The first-order chi connectivity index (χ1) is 15.5. The van der Waals surface area contributed by atoms with Crippen LogP contribution in [-0.4, -0.2) is 47.1 Å². The van der Waals surface area contributed by atoms with E-state index in [0.717, 1.165) is 16.7 Å². The summed E-state index contributed by atoms with van der Waals surface area (Å²) in [4.78, 5) is 28.8. The van der Waals surface area contributed by atoms with Crippen molar-refractivity contribution in [3.05, 3.63) is 77.5 Å². The average molecular weight is 461 g/mol. The molecule has 0 radical (unpaired) electrons. The third-order valence-electron chi connectivity index (χ3n) is 5.19. The molecular weight excluding hydrogens is 435 g/mol. The maximum absolute atomic E-state index is 13.2. The minimum Gasteiger partial charge on any atom is -0.480 e. The zero-order valence-corrected chi connectivity index (χ0v) is 20.0. The van der Waals surface area contributed by atoms with Crippen LogP contribution in [0.5, 0.6) is 0 Å². The summed E-state index contributed by atoms with van der Waals surface area (Å²) < 4.78 is 11.1. The van der Waals surface area contributed by atoms with E-state index in [1.807, 2.05) is 43.5 Å². The number of carboxylic acids is 1. The molecule has 0 spiro atoms. The molecule has 0 aliphatic heterocycles. The molecule has 0 bridgehead atoms. The van der Waals surface area contributed by atoms with Crippen molar-refractivity contribution in [2.75, 3.05) is 19.1 Å². The maximum Gasteiger partial charge on any atom is 1.00 e. The standard InChI is InChI=1S/C24H26N2O5S.Li/c1-15-6-4-5-7-17(15)19-12-16(22(30-2)21-13-25-14-31-21)8-9-18(19)23(27)26-20(24(28)29)10-11-32-3;/h4-9,12-14,20,22H,10-11H2,1-3H3,(H,26,27)(H,28,29);/q;+1. The van der Waals surface area contributed by atoms with Crippen LogP contribution in [0.2, 0.25) is 0 Å². The Morgan fingerprint density at radius 2 is 1.97 bits per heavy atom. The second kappa shape index (κ2) is 12.7. The Hall–Kier alpha value is -2.50. The van der Waals surface area contributed by atoms with E-state index in [-0.39, 0.29) is 18.9 Å². The number of methoxy groups -OCH3 is 1. The first kappa shape index (κ1) is 26.7. The Kier molecular flexibility index (Phi) is 10.3. The van der Waals surface area contributed by atoms with Gasteiger partial charge in [-0.15, -0.1) is 0 Å². The van der Waals surface area contributed by atoms with Gasteiger partial charge >= 0.3 is 24.8 Å². The van der Waals surface area contributed by atoms with E-state index in [0.29, 0.717) is 29.1 Å². The minimum atomic E-state index is -1.05. The number of carbonyl (C=O) groups is 2. The van der Waals surface area contributed by atoms with E-state index >= 15 is 0 Å². The summed E-state index contributed by atoms with van der Waals surface area (Å²) in [6.07, 6.45) is 4.68. The second-order valence-electron chi connectivity index (χ2n) is 7.29. The Labute approximate surface area is 209 Å². The van der Waals surface area contributed by atoms with Gasteiger partial charge in [0.15, 0.2) is 12.2 Å². The summed E-state index contributed by atoms with van der Waals surface area (Å²) in [5, 5.41) is 12.2. The topological polar surface area (TPSA) is 102 Å². The van der Waals surface area contributed by atoms with Crippen molar-refractivity contribution in [1.82, 2.24) is 10.3 Å². The van der Waals surface area contributed by atoms with Crippen molar-refractivity contribution in [2.24, 2.45) is 0 Å². The van der Waals surface area contributed by atoms with Crippen molar-refractivity contribution in [3.63, 3.8) is 0 Å². The van der Waals surface area contributed by atoms with Crippen LogP contribution in [0, 0.1) is 6.92 Å². The van der Waals surface area contributed by atoms with Crippen LogP contribution in [0.25, 0.3) is 11.1 Å². The molecule has 2 unspecified atom stereocenters. The van der Waals surface area contributed by atoms with Gasteiger partial charge in [0.2, 0.25) is 0 Å². The molecule has 1 heterocycles. The third kappa shape index (κ3) is 6.52. The largest absolute Gasteiger partial charge is 1.00 e. The van der Waals surface area contributed by atoms with Crippen LogP contribution < -0.4 is 24.2 Å². The molecule has 2 N–H and O–H groups in total. The van der Waals surface area contributed by atoms with E-state index in [4.69, 9.17) is 9.15 Å². The summed E-state index contributed by atoms with van der Waals surface area (Å²) in [7, 11) is 1.57. The predicted octanol–water partition coefficient (Wildman–Crippen LogP) is 1.33. The van der Waals surface area contributed by atoms with Gasteiger partial charge in [0.05, 0.1) is 6.20 Å². The number of nitrogens with zero attached hydrogens (tertiary/aromatic N) is 1. The monoisotopic (exact) mass is 461 g/mol. The molecule has 33 heavy (non-hydrogen) atoms. The minimum absolute atomic E-state index is 0. The normalized spacial score (nSPS) is 12.5. The number of hydrogen-bond acceptors (Lipinski definition) is 6. The number of aryl methyl sites for hydroxylation is 1. The molecule has 0 fully saturated rings. The molecule has 0 aliphatic rings. The van der Waals surface area contributed by atoms with Crippen LogP contribution in [-0.2, 0) is 9.53 Å². The molecule has 2 aromatic carbocycles. The molecular formula is C24H26LiN2O5S+. The van der Waals surface area contributed by atoms with Gasteiger partial charge in [-0.25, -0.2) is 9.78 Å². The van der Waals surface area contributed by atoms with Crippen molar-refractivity contribution in [1.29, 1.82) is 0 Å². The molecule has 0 saturated heterocycles. The van der Waals surface area contributed by atoms with Gasteiger partial charge in [-0.2, -0.15) is 11.8 Å². The van der Waals surface area contributed by atoms with Crippen LogP contribution in [0.15, 0.2) is 59.5 Å². The molecule has 2 atom stereocenters. The Morgan fingerprint density at radius 1 is 1.21 bits per heavy atom. The SMILES string of the molecule is COC(c1ccc(C(=O)NC(CCSC)C(=O)O)c(-c2ccccc2C)c1)c1cnco1.[Li+]. The van der Waals surface area contributed by atoms with Gasteiger partial charge < -0.3 is 19.6 Å². The fraction of sp³-hybridized carbons (Fsp3) is 0.292. The number of aliphatic carboxylic acids is 1.